The Balaban J connectivity index is 0.000000175. The molecule has 6 rings (SSSR count). The van der Waals surface area contributed by atoms with Gasteiger partial charge < -0.3 is 9.13 Å². The highest BCUT2D eigenvalue weighted by atomic mass is 35.5. The molecule has 0 aliphatic heterocycles. The Bertz CT molecular complexity index is 2130. The van der Waals surface area contributed by atoms with Crippen LogP contribution in [-0.4, -0.2) is 68.9 Å². The first-order valence-electron chi connectivity index (χ1n) is 13.4. The van der Waals surface area contributed by atoms with E-state index in [0.717, 1.165) is 44.5 Å². The van der Waals surface area contributed by atoms with Crippen LogP contribution >= 0.6 is 35.0 Å². The lowest BCUT2D eigenvalue weighted by Gasteiger charge is -2.08. The molecule has 0 bridgehead atoms. The van der Waals surface area contributed by atoms with E-state index in [1.54, 1.807) is 42.7 Å². The molecule has 0 saturated heterocycles. The van der Waals surface area contributed by atoms with Gasteiger partial charge in [-0.25, -0.2) is 48.3 Å². The predicted molar refractivity (Wildman–Crippen MR) is 173 cm³/mol. The van der Waals surface area contributed by atoms with Crippen molar-refractivity contribution in [2.24, 2.45) is 14.1 Å². The minimum atomic E-state index is -3.51. The summed E-state index contributed by atoms with van der Waals surface area (Å²) in [4.78, 5) is 35.2. The van der Waals surface area contributed by atoms with E-state index in [1.165, 1.54) is 6.20 Å². The SMILES string of the molecule is CCS(=O)(=O)c1cnc(Cl)nc1-c1nc2cc(C)cnc2n1C.CCSc1cnc(Cl)nc1-c1nc2cc(C)cnc2n1C. The van der Waals surface area contributed by atoms with E-state index in [2.05, 4.69) is 46.8 Å². The maximum Gasteiger partial charge on any atom is 0.223 e. The van der Waals surface area contributed by atoms with Crippen molar-refractivity contribution in [2.75, 3.05) is 11.5 Å². The number of aryl methyl sites for hydroxylation is 4. The Kier molecular flexibility index (Phi) is 9.16. The molecule has 12 nitrogen and oxygen atoms in total. The number of hydrogen-bond acceptors (Lipinski definition) is 11. The van der Waals surface area contributed by atoms with Gasteiger partial charge >= 0.3 is 0 Å². The quantitative estimate of drug-likeness (QED) is 0.159. The molecule has 0 N–H and O–H groups in total. The van der Waals surface area contributed by atoms with Gasteiger partial charge in [0.25, 0.3) is 0 Å². The molecule has 0 saturated carbocycles. The van der Waals surface area contributed by atoms with Crippen molar-refractivity contribution in [3.8, 4) is 23.0 Å². The third kappa shape index (κ3) is 6.25. The number of nitrogens with zero attached hydrogens (tertiary/aromatic N) is 10. The Morgan fingerprint density at radius 1 is 0.727 bits per heavy atom. The van der Waals surface area contributed by atoms with Crippen LogP contribution in [0.25, 0.3) is 45.4 Å². The van der Waals surface area contributed by atoms with Gasteiger partial charge in [0.15, 0.2) is 32.8 Å². The van der Waals surface area contributed by atoms with Gasteiger partial charge in [0.1, 0.15) is 27.3 Å². The molecule has 0 atom stereocenters. The van der Waals surface area contributed by atoms with Crippen molar-refractivity contribution in [3.05, 3.63) is 58.6 Å². The zero-order valence-electron chi connectivity index (χ0n) is 24.7. The standard InChI is InChI=1S/C14H14ClN5O2S.C14H14ClN5S/c1-4-23(21,22)10-7-17-14(15)19-11(10)13-18-9-5-8(2)6-16-12(9)20(13)3;1-4-21-10-7-17-14(15)19-11(10)13-18-9-5-8(2)6-16-12(9)20(13)3/h5-7H,4H2,1-3H3;5-7H,4H2,1-3H3. The Morgan fingerprint density at radius 2 is 1.23 bits per heavy atom. The van der Waals surface area contributed by atoms with Crippen molar-refractivity contribution >= 4 is 67.1 Å². The number of aromatic nitrogens is 10. The topological polar surface area (TPSA) is 147 Å². The normalized spacial score (nSPS) is 11.6. The summed E-state index contributed by atoms with van der Waals surface area (Å²) in [6.45, 7) is 7.56. The van der Waals surface area contributed by atoms with Crippen LogP contribution in [0, 0.1) is 13.8 Å². The summed E-state index contributed by atoms with van der Waals surface area (Å²) >= 11 is 13.5. The van der Waals surface area contributed by atoms with Crippen LogP contribution in [0.15, 0.2) is 46.7 Å². The van der Waals surface area contributed by atoms with Crippen LogP contribution in [0.5, 0.6) is 0 Å². The number of rotatable bonds is 6. The van der Waals surface area contributed by atoms with E-state index in [4.69, 9.17) is 23.2 Å². The first-order chi connectivity index (χ1) is 20.9. The average molecular weight is 672 g/mol. The van der Waals surface area contributed by atoms with Crippen LogP contribution in [0.2, 0.25) is 10.6 Å². The fourth-order valence-electron chi connectivity index (χ4n) is 4.44. The van der Waals surface area contributed by atoms with Gasteiger partial charge in [-0.05, 0) is 66.1 Å². The molecule has 6 aromatic rings. The lowest BCUT2D eigenvalue weighted by molar-refractivity contribution is 0.596. The van der Waals surface area contributed by atoms with E-state index in [-0.39, 0.29) is 26.9 Å². The first-order valence-corrected chi connectivity index (χ1v) is 16.8. The first kappa shape index (κ1) is 31.7. The zero-order valence-corrected chi connectivity index (χ0v) is 27.9. The summed E-state index contributed by atoms with van der Waals surface area (Å²) in [6, 6.07) is 3.89. The summed E-state index contributed by atoms with van der Waals surface area (Å²) in [5, 5.41) is 0.188. The largest absolute Gasteiger partial charge is 0.310 e. The molecule has 228 valence electrons. The van der Waals surface area contributed by atoms with Crippen molar-refractivity contribution in [1.82, 2.24) is 49.0 Å². The van der Waals surface area contributed by atoms with E-state index in [9.17, 15) is 8.42 Å². The average Bonchev–Trinajstić information content (AvgIpc) is 3.49. The smallest absolute Gasteiger partial charge is 0.223 e. The number of pyridine rings is 2. The monoisotopic (exact) mass is 670 g/mol. The highest BCUT2D eigenvalue weighted by Crippen LogP contribution is 2.31. The van der Waals surface area contributed by atoms with Gasteiger partial charge in [-0.2, -0.15) is 0 Å². The number of imidazole rings is 2. The lowest BCUT2D eigenvalue weighted by Crippen LogP contribution is -2.09. The molecule has 0 unspecified atom stereocenters. The van der Waals surface area contributed by atoms with Crippen LogP contribution in [0.1, 0.15) is 25.0 Å². The maximum atomic E-state index is 12.3. The van der Waals surface area contributed by atoms with Crippen LogP contribution < -0.4 is 0 Å². The predicted octanol–water partition coefficient (Wildman–Crippen LogP) is 5.68. The number of fused-ring (bicyclic) bond motifs is 2. The third-order valence-electron chi connectivity index (χ3n) is 6.58. The molecule has 0 aromatic carbocycles. The summed E-state index contributed by atoms with van der Waals surface area (Å²) in [5.41, 5.74) is 5.97. The molecule has 0 amide bonds. The second-order valence-electron chi connectivity index (χ2n) is 9.74. The number of sulfone groups is 1. The van der Waals surface area contributed by atoms with Crippen molar-refractivity contribution in [1.29, 1.82) is 0 Å². The molecule has 6 heterocycles. The third-order valence-corrected chi connectivity index (χ3v) is 9.57. The number of thioether (sulfide) groups is 1. The Labute approximate surface area is 268 Å². The van der Waals surface area contributed by atoms with E-state index in [0.29, 0.717) is 17.0 Å². The molecule has 16 heteroatoms. The van der Waals surface area contributed by atoms with Crippen molar-refractivity contribution in [3.63, 3.8) is 0 Å². The van der Waals surface area contributed by atoms with Crippen molar-refractivity contribution in [2.45, 2.75) is 37.5 Å². The van der Waals surface area contributed by atoms with Gasteiger partial charge in [-0.3, -0.25) is 0 Å². The molecule has 0 radical (unpaired) electrons. The molecule has 0 spiro atoms. The van der Waals surface area contributed by atoms with Crippen LogP contribution in [0.3, 0.4) is 0 Å². The fourth-order valence-corrected chi connectivity index (χ4v) is 6.37. The molecule has 0 aliphatic rings. The van der Waals surface area contributed by atoms with Crippen LogP contribution in [-0.2, 0) is 23.9 Å². The maximum absolute atomic E-state index is 12.3. The highest BCUT2D eigenvalue weighted by Gasteiger charge is 2.24. The van der Waals surface area contributed by atoms with Gasteiger partial charge in [-0.15, -0.1) is 11.8 Å². The molecule has 6 aromatic heterocycles. The molecular weight excluding hydrogens is 643 g/mol. The highest BCUT2D eigenvalue weighted by molar-refractivity contribution is 7.99. The van der Waals surface area contributed by atoms with Gasteiger partial charge in [0, 0.05) is 32.7 Å². The second kappa shape index (κ2) is 12.7. The van der Waals surface area contributed by atoms with Gasteiger partial charge in [0.2, 0.25) is 10.6 Å². The second-order valence-corrected chi connectivity index (χ2v) is 14.0. The molecule has 0 aliphatic carbocycles. The van der Waals surface area contributed by atoms with E-state index >= 15 is 0 Å². The Morgan fingerprint density at radius 3 is 1.75 bits per heavy atom. The number of halogens is 2. The minimum absolute atomic E-state index is 0.0135. The van der Waals surface area contributed by atoms with Gasteiger partial charge in [0.05, 0.1) is 16.8 Å². The van der Waals surface area contributed by atoms with E-state index < -0.39 is 9.84 Å². The zero-order chi connectivity index (χ0) is 31.8. The lowest BCUT2D eigenvalue weighted by atomic mass is 10.3. The fraction of sp³-hybridized carbons (Fsp3) is 0.286. The van der Waals surface area contributed by atoms with E-state index in [1.807, 2.05) is 43.8 Å². The summed E-state index contributed by atoms with van der Waals surface area (Å²) in [5.74, 6) is 2.00. The molecular formula is C28H28Cl2N10O2S2. The summed E-state index contributed by atoms with van der Waals surface area (Å²) in [6.07, 6.45) is 6.53. The van der Waals surface area contributed by atoms with Crippen LogP contribution in [0.4, 0.5) is 0 Å². The summed E-state index contributed by atoms with van der Waals surface area (Å²) < 4.78 is 28.3. The molecule has 0 fully saturated rings. The molecule has 44 heavy (non-hydrogen) atoms. The Hall–Kier alpha value is -3.72. The van der Waals surface area contributed by atoms with Crippen molar-refractivity contribution < 1.29 is 8.42 Å². The minimum Gasteiger partial charge on any atom is -0.310 e. The summed E-state index contributed by atoms with van der Waals surface area (Å²) in [7, 11) is 0.176. The number of hydrogen-bond donors (Lipinski definition) is 0. The van der Waals surface area contributed by atoms with Gasteiger partial charge in [-0.1, -0.05) is 13.8 Å².